The second kappa shape index (κ2) is 5.11. The van der Waals surface area contributed by atoms with E-state index in [9.17, 15) is 4.79 Å². The van der Waals surface area contributed by atoms with E-state index in [1.54, 1.807) is 17.1 Å². The molecular weight excluding hydrogens is 236 g/mol. The zero-order chi connectivity index (χ0) is 13.9. The van der Waals surface area contributed by atoms with E-state index in [4.69, 9.17) is 5.26 Å². The van der Waals surface area contributed by atoms with E-state index >= 15 is 0 Å². The molecule has 0 saturated heterocycles. The summed E-state index contributed by atoms with van der Waals surface area (Å²) in [6, 6.07) is 9.79. The molecule has 0 N–H and O–H groups in total. The summed E-state index contributed by atoms with van der Waals surface area (Å²) in [5, 5.41) is 9.10. The van der Waals surface area contributed by atoms with Crippen LogP contribution in [-0.2, 0) is 10.2 Å². The van der Waals surface area contributed by atoms with Gasteiger partial charge in [0.25, 0.3) is 0 Å². The van der Waals surface area contributed by atoms with Gasteiger partial charge in [-0.15, -0.1) is 13.2 Å². The van der Waals surface area contributed by atoms with Crippen molar-refractivity contribution in [2.75, 3.05) is 11.4 Å². The van der Waals surface area contributed by atoms with Crippen LogP contribution in [0.3, 0.4) is 0 Å². The predicted molar refractivity (Wildman–Crippen MR) is 75.7 cm³/mol. The van der Waals surface area contributed by atoms with Crippen molar-refractivity contribution in [3.63, 3.8) is 0 Å². The van der Waals surface area contributed by atoms with E-state index < -0.39 is 5.41 Å². The van der Waals surface area contributed by atoms with Crippen LogP contribution < -0.4 is 4.90 Å². The monoisotopic (exact) mass is 252 g/mol. The van der Waals surface area contributed by atoms with E-state index in [1.807, 2.05) is 24.3 Å². The van der Waals surface area contributed by atoms with E-state index in [1.165, 1.54) is 0 Å². The normalized spacial score (nSPS) is 20.8. The Hall–Kier alpha value is -2.34. The fourth-order valence-corrected chi connectivity index (χ4v) is 2.73. The summed E-state index contributed by atoms with van der Waals surface area (Å²) < 4.78 is 0. The highest BCUT2D eigenvalue weighted by atomic mass is 16.2. The Morgan fingerprint density at radius 3 is 2.68 bits per heavy atom. The molecule has 0 spiro atoms. The van der Waals surface area contributed by atoms with Gasteiger partial charge in [-0.2, -0.15) is 5.26 Å². The van der Waals surface area contributed by atoms with Crippen LogP contribution in [0, 0.1) is 11.3 Å². The highest BCUT2D eigenvalue weighted by molar-refractivity contribution is 6.08. The van der Waals surface area contributed by atoms with E-state index in [0.717, 1.165) is 11.3 Å². The molecule has 0 bridgehead atoms. The minimum atomic E-state index is -0.782. The third-order valence-electron chi connectivity index (χ3n) is 3.55. The maximum absolute atomic E-state index is 12.7. The standard InChI is InChI=1S/C16H16N2O/c1-3-9-16(10-11-17)13-7-5-6-8-14(13)18(12-4-2)15(16)19/h3-8H,1-2,9-10,12H2/t16-/m1/s1. The van der Waals surface area contributed by atoms with Gasteiger partial charge in [0.2, 0.25) is 5.91 Å². The van der Waals surface area contributed by atoms with Gasteiger partial charge < -0.3 is 4.90 Å². The lowest BCUT2D eigenvalue weighted by Crippen LogP contribution is -2.40. The SMILES string of the molecule is C=CCN1C(=O)[C@@](CC#N)(CC=C)c2ccccc21. The molecule has 1 amide bonds. The molecule has 2 rings (SSSR count). The highest BCUT2D eigenvalue weighted by Crippen LogP contribution is 2.46. The predicted octanol–water partition coefficient (Wildman–Crippen LogP) is 2.95. The molecule has 1 aromatic carbocycles. The summed E-state index contributed by atoms with van der Waals surface area (Å²) in [5.74, 6) is -0.0324. The van der Waals surface area contributed by atoms with Crippen molar-refractivity contribution in [2.45, 2.75) is 18.3 Å². The molecule has 0 radical (unpaired) electrons. The van der Waals surface area contributed by atoms with Gasteiger partial charge in [-0.1, -0.05) is 30.4 Å². The summed E-state index contributed by atoms with van der Waals surface area (Å²) in [7, 11) is 0. The van der Waals surface area contributed by atoms with Crippen LogP contribution in [0.2, 0.25) is 0 Å². The van der Waals surface area contributed by atoms with Crippen LogP contribution in [-0.4, -0.2) is 12.5 Å². The van der Waals surface area contributed by atoms with Gasteiger partial charge in [0, 0.05) is 12.2 Å². The Kier molecular flexibility index (Phi) is 3.52. The van der Waals surface area contributed by atoms with Gasteiger partial charge in [-0.3, -0.25) is 4.79 Å². The Morgan fingerprint density at radius 1 is 1.32 bits per heavy atom. The van der Waals surface area contributed by atoms with Crippen LogP contribution in [0.5, 0.6) is 0 Å². The largest absolute Gasteiger partial charge is 0.307 e. The quantitative estimate of drug-likeness (QED) is 0.756. The average molecular weight is 252 g/mol. The van der Waals surface area contributed by atoms with Crippen molar-refractivity contribution < 1.29 is 4.79 Å². The number of rotatable bonds is 5. The first kappa shape index (κ1) is 13.1. The summed E-state index contributed by atoms with van der Waals surface area (Å²) in [6.07, 6.45) is 4.06. The molecule has 1 aliphatic rings. The number of nitriles is 1. The molecule has 19 heavy (non-hydrogen) atoms. The molecule has 96 valence electrons. The van der Waals surface area contributed by atoms with Crippen LogP contribution >= 0.6 is 0 Å². The molecule has 1 aliphatic heterocycles. The smallest absolute Gasteiger partial charge is 0.239 e. The number of carbonyl (C=O) groups excluding carboxylic acids is 1. The Bertz CT molecular complexity index is 570. The molecule has 0 saturated carbocycles. The number of nitrogens with zero attached hydrogens (tertiary/aromatic N) is 2. The number of benzene rings is 1. The van der Waals surface area contributed by atoms with E-state index in [2.05, 4.69) is 19.2 Å². The Labute approximate surface area is 113 Å². The number of allylic oxidation sites excluding steroid dienone is 1. The number of fused-ring (bicyclic) bond motifs is 1. The minimum Gasteiger partial charge on any atom is -0.307 e. The lowest BCUT2D eigenvalue weighted by atomic mass is 9.76. The number of para-hydroxylation sites is 1. The van der Waals surface area contributed by atoms with Crippen LogP contribution in [0.4, 0.5) is 5.69 Å². The van der Waals surface area contributed by atoms with Crippen molar-refractivity contribution in [2.24, 2.45) is 0 Å². The number of anilines is 1. The molecule has 0 unspecified atom stereocenters. The molecule has 0 aliphatic carbocycles. The van der Waals surface area contributed by atoms with Gasteiger partial charge in [0.05, 0.1) is 17.9 Å². The zero-order valence-corrected chi connectivity index (χ0v) is 10.8. The third kappa shape index (κ3) is 1.86. The topological polar surface area (TPSA) is 44.1 Å². The summed E-state index contributed by atoms with van der Waals surface area (Å²) in [6.45, 7) is 7.88. The second-order valence-corrected chi connectivity index (χ2v) is 4.63. The molecule has 0 aromatic heterocycles. The fraction of sp³-hybridized carbons (Fsp3) is 0.250. The van der Waals surface area contributed by atoms with Crippen molar-refractivity contribution in [3.8, 4) is 6.07 Å². The van der Waals surface area contributed by atoms with Gasteiger partial charge >= 0.3 is 0 Å². The maximum atomic E-state index is 12.7. The number of hydrogen-bond donors (Lipinski definition) is 0. The molecule has 3 heteroatoms. The molecule has 1 aromatic rings. The molecular formula is C16H16N2O. The van der Waals surface area contributed by atoms with Gasteiger partial charge in [0.15, 0.2) is 0 Å². The molecule has 0 fully saturated rings. The number of carbonyl (C=O) groups is 1. The second-order valence-electron chi connectivity index (χ2n) is 4.63. The summed E-state index contributed by atoms with van der Waals surface area (Å²) in [4.78, 5) is 14.4. The van der Waals surface area contributed by atoms with Crippen molar-refractivity contribution in [1.29, 1.82) is 5.26 Å². The highest BCUT2D eigenvalue weighted by Gasteiger charge is 2.49. The van der Waals surface area contributed by atoms with Crippen molar-refractivity contribution >= 4 is 11.6 Å². The molecule has 1 atom stereocenters. The third-order valence-corrected chi connectivity index (χ3v) is 3.55. The minimum absolute atomic E-state index is 0.0324. The lowest BCUT2D eigenvalue weighted by Gasteiger charge is -2.24. The van der Waals surface area contributed by atoms with Crippen LogP contribution in [0.25, 0.3) is 0 Å². The van der Waals surface area contributed by atoms with E-state index in [0.29, 0.717) is 13.0 Å². The molecule has 3 nitrogen and oxygen atoms in total. The van der Waals surface area contributed by atoms with Crippen LogP contribution in [0.15, 0.2) is 49.6 Å². The van der Waals surface area contributed by atoms with Gasteiger partial charge in [-0.25, -0.2) is 0 Å². The first-order valence-corrected chi connectivity index (χ1v) is 6.21. The first-order valence-electron chi connectivity index (χ1n) is 6.21. The summed E-state index contributed by atoms with van der Waals surface area (Å²) >= 11 is 0. The first-order chi connectivity index (χ1) is 9.21. The van der Waals surface area contributed by atoms with Crippen molar-refractivity contribution in [1.82, 2.24) is 0 Å². The van der Waals surface area contributed by atoms with Gasteiger partial charge in [-0.05, 0) is 18.1 Å². The number of hydrogen-bond acceptors (Lipinski definition) is 2. The van der Waals surface area contributed by atoms with Gasteiger partial charge in [0.1, 0.15) is 0 Å². The average Bonchev–Trinajstić information content (AvgIpc) is 2.64. The van der Waals surface area contributed by atoms with E-state index in [-0.39, 0.29) is 12.3 Å². The Balaban J connectivity index is 2.62. The lowest BCUT2D eigenvalue weighted by molar-refractivity contribution is -0.122. The fourth-order valence-electron chi connectivity index (χ4n) is 2.73. The Morgan fingerprint density at radius 2 is 2.05 bits per heavy atom. The van der Waals surface area contributed by atoms with Crippen molar-refractivity contribution in [3.05, 3.63) is 55.1 Å². The maximum Gasteiger partial charge on any atom is 0.239 e. The summed E-state index contributed by atoms with van der Waals surface area (Å²) in [5.41, 5.74) is 1.02. The number of amides is 1. The van der Waals surface area contributed by atoms with Crippen LogP contribution in [0.1, 0.15) is 18.4 Å². The molecule has 1 heterocycles. The zero-order valence-electron chi connectivity index (χ0n) is 10.8.